The third-order valence-electron chi connectivity index (χ3n) is 3.37. The summed E-state index contributed by atoms with van der Waals surface area (Å²) in [6.45, 7) is 0.765. The first-order chi connectivity index (χ1) is 10.1. The highest BCUT2D eigenvalue weighted by Gasteiger charge is 2.26. The van der Waals surface area contributed by atoms with E-state index in [9.17, 15) is 4.21 Å². The van der Waals surface area contributed by atoms with E-state index in [0.29, 0.717) is 16.7 Å². The number of hydrogen-bond donors (Lipinski definition) is 1. The number of nitrogens with one attached hydrogen (secondary N) is 1. The summed E-state index contributed by atoms with van der Waals surface area (Å²) in [5.74, 6) is 1.20. The third kappa shape index (κ3) is 4.05. The van der Waals surface area contributed by atoms with Crippen LogP contribution in [0.3, 0.4) is 0 Å². The van der Waals surface area contributed by atoms with E-state index in [2.05, 4.69) is 10.3 Å². The Morgan fingerprint density at radius 2 is 2.29 bits per heavy atom. The van der Waals surface area contributed by atoms with E-state index in [1.807, 2.05) is 24.4 Å². The molecular weight excluding hydrogens is 324 g/mol. The Balaban J connectivity index is 1.64. The summed E-state index contributed by atoms with van der Waals surface area (Å²) < 4.78 is 11.4. The molecule has 2 aromatic rings. The van der Waals surface area contributed by atoms with E-state index < -0.39 is 10.8 Å². The molecule has 6 heteroatoms. The average molecular weight is 341 g/mol. The summed E-state index contributed by atoms with van der Waals surface area (Å²) in [5.41, 5.74) is 1.92. The van der Waals surface area contributed by atoms with Gasteiger partial charge in [-0.15, -0.1) is 11.3 Å². The molecule has 112 valence electrons. The number of aromatic nitrogens is 1. The highest BCUT2D eigenvalue weighted by atomic mass is 35.5. The molecule has 0 amide bonds. The summed E-state index contributed by atoms with van der Waals surface area (Å²) in [7, 11) is -0.890. The minimum absolute atomic E-state index is 0.487. The molecule has 0 unspecified atom stereocenters. The van der Waals surface area contributed by atoms with E-state index in [4.69, 9.17) is 11.6 Å². The quantitative estimate of drug-likeness (QED) is 0.858. The van der Waals surface area contributed by atoms with Crippen molar-refractivity contribution in [1.29, 1.82) is 0 Å². The van der Waals surface area contributed by atoms with Crippen molar-refractivity contribution in [1.82, 2.24) is 4.98 Å². The molecule has 1 atom stereocenters. The lowest BCUT2D eigenvalue weighted by Crippen LogP contribution is -2.00. The number of rotatable bonds is 6. The fourth-order valence-corrected chi connectivity index (χ4v) is 4.09. The molecule has 1 heterocycles. The van der Waals surface area contributed by atoms with Gasteiger partial charge in [-0.3, -0.25) is 4.21 Å². The maximum atomic E-state index is 11.4. The topological polar surface area (TPSA) is 42.0 Å². The lowest BCUT2D eigenvalue weighted by Gasteiger charge is -2.08. The van der Waals surface area contributed by atoms with E-state index in [1.165, 1.54) is 22.7 Å². The second-order valence-corrected chi connectivity index (χ2v) is 8.31. The Morgan fingerprint density at radius 1 is 1.48 bits per heavy atom. The lowest BCUT2D eigenvalue weighted by atomic mass is 10.2. The fourth-order valence-electron chi connectivity index (χ4n) is 2.13. The van der Waals surface area contributed by atoms with Gasteiger partial charge in [-0.1, -0.05) is 11.6 Å². The van der Waals surface area contributed by atoms with Crippen LogP contribution in [0.2, 0.25) is 5.02 Å². The van der Waals surface area contributed by atoms with Crippen molar-refractivity contribution < 1.29 is 4.21 Å². The minimum atomic E-state index is -0.890. The number of hydrogen-bond acceptors (Lipinski definition) is 4. The molecule has 1 aromatic carbocycles. The van der Waals surface area contributed by atoms with Gasteiger partial charge in [-0.25, -0.2) is 4.98 Å². The van der Waals surface area contributed by atoms with Crippen LogP contribution in [-0.2, 0) is 23.1 Å². The zero-order valence-corrected chi connectivity index (χ0v) is 14.2. The second-order valence-electron chi connectivity index (χ2n) is 5.32. The Morgan fingerprint density at radius 3 is 3.00 bits per heavy atom. The largest absolute Gasteiger partial charge is 0.380 e. The van der Waals surface area contributed by atoms with Crippen LogP contribution in [0.1, 0.15) is 34.2 Å². The van der Waals surface area contributed by atoms with Gasteiger partial charge in [0.05, 0.1) is 11.6 Å². The van der Waals surface area contributed by atoms with Crippen LogP contribution in [0.25, 0.3) is 0 Å². The molecule has 1 N–H and O–H groups in total. The van der Waals surface area contributed by atoms with Crippen LogP contribution in [0, 0.1) is 0 Å². The smallest absolute Gasteiger partial charge is 0.0959 e. The Hall–Kier alpha value is -0.910. The van der Waals surface area contributed by atoms with E-state index in [1.54, 1.807) is 17.6 Å². The van der Waals surface area contributed by atoms with Crippen LogP contribution in [0.4, 0.5) is 5.69 Å². The summed E-state index contributed by atoms with van der Waals surface area (Å²) >= 11 is 7.92. The van der Waals surface area contributed by atoms with Gasteiger partial charge in [0.25, 0.3) is 0 Å². The van der Waals surface area contributed by atoms with Gasteiger partial charge in [-0.2, -0.15) is 0 Å². The molecule has 1 aliphatic carbocycles. The first kappa shape index (κ1) is 15.0. The van der Waals surface area contributed by atoms with Gasteiger partial charge >= 0.3 is 0 Å². The van der Waals surface area contributed by atoms with E-state index >= 15 is 0 Å². The van der Waals surface area contributed by atoms with Gasteiger partial charge in [0, 0.05) is 50.5 Å². The van der Waals surface area contributed by atoms with Crippen molar-refractivity contribution in [3.8, 4) is 0 Å². The Bertz CT molecular complexity index is 667. The predicted molar refractivity (Wildman–Crippen MR) is 90.6 cm³/mol. The first-order valence-corrected chi connectivity index (χ1v) is 9.81. The molecule has 1 aliphatic rings. The monoisotopic (exact) mass is 340 g/mol. The molecule has 0 saturated heterocycles. The standard InChI is InChI=1S/C15H17ClN2OS2/c1-21(19)9-11-6-12(4-5-14(11)16)17-7-13-8-18-15(20-13)10-2-3-10/h4-6,8,10,17H,2-3,7,9H2,1H3/t21-/m0/s1. The Kier molecular flexibility index (Phi) is 4.62. The average Bonchev–Trinajstić information content (AvgIpc) is 3.18. The van der Waals surface area contributed by atoms with Crippen molar-refractivity contribution in [3.63, 3.8) is 0 Å². The van der Waals surface area contributed by atoms with Gasteiger partial charge in [0.1, 0.15) is 0 Å². The summed E-state index contributed by atoms with van der Waals surface area (Å²) in [6.07, 6.45) is 6.22. The molecule has 3 nitrogen and oxygen atoms in total. The molecule has 1 saturated carbocycles. The fraction of sp³-hybridized carbons (Fsp3) is 0.400. The summed E-state index contributed by atoms with van der Waals surface area (Å²) in [4.78, 5) is 5.72. The van der Waals surface area contributed by atoms with Gasteiger partial charge in [-0.05, 0) is 36.6 Å². The number of anilines is 1. The van der Waals surface area contributed by atoms with Crippen molar-refractivity contribution in [2.24, 2.45) is 0 Å². The second kappa shape index (κ2) is 6.46. The van der Waals surface area contributed by atoms with Gasteiger partial charge < -0.3 is 5.32 Å². The van der Waals surface area contributed by atoms with Gasteiger partial charge in [0.2, 0.25) is 0 Å². The van der Waals surface area contributed by atoms with Crippen LogP contribution >= 0.6 is 22.9 Å². The van der Waals surface area contributed by atoms with Crippen LogP contribution in [0.15, 0.2) is 24.4 Å². The third-order valence-corrected chi connectivity index (χ3v) is 5.62. The molecule has 0 spiro atoms. The summed E-state index contributed by atoms with van der Waals surface area (Å²) in [6, 6.07) is 5.79. The van der Waals surface area contributed by atoms with E-state index in [-0.39, 0.29) is 0 Å². The highest BCUT2D eigenvalue weighted by molar-refractivity contribution is 7.83. The van der Waals surface area contributed by atoms with Crippen molar-refractivity contribution in [2.45, 2.75) is 31.1 Å². The van der Waals surface area contributed by atoms with Crippen molar-refractivity contribution in [3.05, 3.63) is 44.9 Å². The minimum Gasteiger partial charge on any atom is -0.380 e. The summed E-state index contributed by atoms with van der Waals surface area (Å²) in [5, 5.41) is 5.33. The lowest BCUT2D eigenvalue weighted by molar-refractivity contribution is 0.686. The van der Waals surface area contributed by atoms with Crippen molar-refractivity contribution in [2.75, 3.05) is 11.6 Å². The van der Waals surface area contributed by atoms with E-state index in [0.717, 1.165) is 17.8 Å². The Labute approximate surface area is 136 Å². The van der Waals surface area contributed by atoms with Crippen LogP contribution in [0.5, 0.6) is 0 Å². The maximum absolute atomic E-state index is 11.4. The first-order valence-electron chi connectivity index (χ1n) is 6.89. The molecule has 3 rings (SSSR count). The normalized spacial score (nSPS) is 15.9. The molecule has 0 bridgehead atoms. The zero-order chi connectivity index (χ0) is 14.8. The highest BCUT2D eigenvalue weighted by Crippen LogP contribution is 2.41. The number of halogens is 1. The van der Waals surface area contributed by atoms with Crippen LogP contribution < -0.4 is 5.32 Å². The molecule has 0 aliphatic heterocycles. The predicted octanol–water partition coefficient (Wildman–Crippen LogP) is 4.16. The van der Waals surface area contributed by atoms with Crippen LogP contribution in [-0.4, -0.2) is 15.4 Å². The molecule has 1 fully saturated rings. The van der Waals surface area contributed by atoms with Crippen molar-refractivity contribution >= 4 is 39.4 Å². The number of thiazole rings is 1. The maximum Gasteiger partial charge on any atom is 0.0959 e. The molecular formula is C15H17ClN2OS2. The molecule has 1 aromatic heterocycles. The number of nitrogens with zero attached hydrogens (tertiary/aromatic N) is 1. The molecule has 21 heavy (non-hydrogen) atoms. The van der Waals surface area contributed by atoms with Gasteiger partial charge in [0.15, 0.2) is 0 Å². The zero-order valence-electron chi connectivity index (χ0n) is 11.8. The SMILES string of the molecule is C[S@](=O)Cc1cc(NCc2cnc(C3CC3)s2)ccc1Cl. The molecule has 0 radical (unpaired) electrons. The number of benzene rings is 1.